The number of aromatic nitrogens is 2. The zero-order valence-electron chi connectivity index (χ0n) is 8.07. The maximum Gasteiger partial charge on any atom is 0.227 e. The number of rotatable bonds is 3. The van der Waals surface area contributed by atoms with Crippen LogP contribution >= 0.6 is 0 Å². The van der Waals surface area contributed by atoms with E-state index in [9.17, 15) is 4.79 Å². The van der Waals surface area contributed by atoms with E-state index >= 15 is 0 Å². The van der Waals surface area contributed by atoms with Crippen molar-refractivity contribution < 1.29 is 9.32 Å². The van der Waals surface area contributed by atoms with Crippen molar-refractivity contribution in [2.24, 2.45) is 0 Å². The van der Waals surface area contributed by atoms with Gasteiger partial charge in [0.15, 0.2) is 5.82 Å². The largest absolute Gasteiger partial charge is 0.349 e. The van der Waals surface area contributed by atoms with Gasteiger partial charge in [0.25, 0.3) is 0 Å². The number of amides is 1. The molecule has 1 amide bonds. The molecule has 0 fully saturated rings. The molecule has 0 aliphatic rings. The molecule has 13 heavy (non-hydrogen) atoms. The first-order chi connectivity index (χ1) is 6.09. The van der Waals surface area contributed by atoms with Crippen LogP contribution in [0.1, 0.15) is 18.1 Å². The van der Waals surface area contributed by atoms with Gasteiger partial charge in [0.05, 0.1) is 0 Å². The monoisotopic (exact) mass is 183 g/mol. The molecule has 0 saturated heterocycles. The van der Waals surface area contributed by atoms with Crippen molar-refractivity contribution in [2.45, 2.75) is 19.8 Å². The van der Waals surface area contributed by atoms with Gasteiger partial charge in [-0.25, -0.2) is 0 Å². The fourth-order valence-corrected chi connectivity index (χ4v) is 0.879. The van der Waals surface area contributed by atoms with Gasteiger partial charge in [-0.05, 0) is 6.92 Å². The molecule has 1 rings (SSSR count). The molecule has 5 nitrogen and oxygen atoms in total. The molecule has 0 unspecified atom stereocenters. The number of hydrogen-bond acceptors (Lipinski definition) is 4. The summed E-state index contributed by atoms with van der Waals surface area (Å²) in [6, 6.07) is 0. The fraction of sp³-hybridized carbons (Fsp3) is 0.625. The number of aryl methyl sites for hydroxylation is 2. The zero-order valence-corrected chi connectivity index (χ0v) is 8.07. The van der Waals surface area contributed by atoms with E-state index in [0.717, 1.165) is 0 Å². The Kier molecular flexibility index (Phi) is 3.00. The Balaban J connectivity index is 2.39. The minimum Gasteiger partial charge on any atom is -0.349 e. The molecule has 1 heterocycles. The summed E-state index contributed by atoms with van der Waals surface area (Å²) in [5.41, 5.74) is 0. The lowest BCUT2D eigenvalue weighted by Gasteiger charge is -2.07. The van der Waals surface area contributed by atoms with Gasteiger partial charge in [-0.1, -0.05) is 5.16 Å². The zero-order chi connectivity index (χ0) is 9.84. The third kappa shape index (κ3) is 2.85. The first kappa shape index (κ1) is 9.70. The lowest BCUT2D eigenvalue weighted by molar-refractivity contribution is -0.128. The van der Waals surface area contributed by atoms with Crippen LogP contribution in [-0.2, 0) is 11.2 Å². The van der Waals surface area contributed by atoms with Crippen LogP contribution in [0, 0.1) is 6.92 Å². The molecule has 0 atom stereocenters. The van der Waals surface area contributed by atoms with E-state index in [1.54, 1.807) is 25.9 Å². The van der Waals surface area contributed by atoms with E-state index in [2.05, 4.69) is 10.1 Å². The lowest BCUT2D eigenvalue weighted by atomic mass is 10.3. The maximum absolute atomic E-state index is 11.2. The second-order valence-corrected chi connectivity index (χ2v) is 3.02. The van der Waals surface area contributed by atoms with E-state index in [0.29, 0.717) is 24.6 Å². The molecule has 0 bridgehead atoms. The quantitative estimate of drug-likeness (QED) is 0.680. The highest BCUT2D eigenvalue weighted by atomic mass is 16.5. The third-order valence-electron chi connectivity index (χ3n) is 1.62. The molecule has 5 heteroatoms. The second kappa shape index (κ2) is 4.02. The Labute approximate surface area is 76.7 Å². The summed E-state index contributed by atoms with van der Waals surface area (Å²) in [4.78, 5) is 16.7. The van der Waals surface area contributed by atoms with Crippen molar-refractivity contribution in [2.75, 3.05) is 14.1 Å². The van der Waals surface area contributed by atoms with Crippen molar-refractivity contribution >= 4 is 5.91 Å². The van der Waals surface area contributed by atoms with Crippen molar-refractivity contribution in [3.8, 4) is 0 Å². The minimum atomic E-state index is 0.0656. The molecule has 0 N–H and O–H groups in total. The fourth-order valence-electron chi connectivity index (χ4n) is 0.879. The van der Waals surface area contributed by atoms with Crippen LogP contribution in [0.25, 0.3) is 0 Å². The van der Waals surface area contributed by atoms with Crippen LogP contribution in [0.5, 0.6) is 0 Å². The van der Waals surface area contributed by atoms with E-state index < -0.39 is 0 Å². The van der Waals surface area contributed by atoms with E-state index in [4.69, 9.17) is 4.52 Å². The lowest BCUT2D eigenvalue weighted by Crippen LogP contribution is -2.21. The van der Waals surface area contributed by atoms with E-state index in [1.165, 1.54) is 0 Å². The van der Waals surface area contributed by atoms with Crippen LogP contribution < -0.4 is 0 Å². The van der Waals surface area contributed by atoms with Crippen molar-refractivity contribution in [1.29, 1.82) is 0 Å². The molecule has 0 aliphatic carbocycles. The van der Waals surface area contributed by atoms with Gasteiger partial charge in [-0.3, -0.25) is 4.79 Å². The molecule has 0 saturated carbocycles. The normalized spacial score (nSPS) is 10.1. The van der Waals surface area contributed by atoms with Gasteiger partial charge in [0.1, 0.15) is 0 Å². The maximum atomic E-state index is 11.2. The molecular formula is C8H13N3O2. The Morgan fingerprint density at radius 3 is 2.69 bits per heavy atom. The average molecular weight is 183 g/mol. The van der Waals surface area contributed by atoms with Crippen molar-refractivity contribution in [3.63, 3.8) is 0 Å². The molecule has 0 aliphatic heterocycles. The highest BCUT2D eigenvalue weighted by Crippen LogP contribution is 2.00. The second-order valence-electron chi connectivity index (χ2n) is 3.02. The van der Waals surface area contributed by atoms with Gasteiger partial charge >= 0.3 is 0 Å². The van der Waals surface area contributed by atoms with Gasteiger partial charge in [0.2, 0.25) is 11.8 Å². The summed E-state index contributed by atoms with van der Waals surface area (Å²) < 4.78 is 4.86. The topological polar surface area (TPSA) is 59.2 Å². The molecule has 0 spiro atoms. The number of nitrogens with zero attached hydrogens (tertiary/aromatic N) is 3. The highest BCUT2D eigenvalue weighted by molar-refractivity contribution is 5.75. The van der Waals surface area contributed by atoms with Gasteiger partial charge in [-0.2, -0.15) is 4.98 Å². The average Bonchev–Trinajstić information content (AvgIpc) is 2.47. The van der Waals surface area contributed by atoms with Crippen LogP contribution in [0.2, 0.25) is 0 Å². The van der Waals surface area contributed by atoms with Crippen LogP contribution in [0.15, 0.2) is 4.52 Å². The van der Waals surface area contributed by atoms with Gasteiger partial charge < -0.3 is 9.42 Å². The van der Waals surface area contributed by atoms with Crippen LogP contribution in [0.3, 0.4) is 0 Å². The van der Waals surface area contributed by atoms with Crippen LogP contribution in [-0.4, -0.2) is 35.0 Å². The number of carbonyl (C=O) groups excluding carboxylic acids is 1. The minimum absolute atomic E-state index is 0.0656. The first-order valence-corrected chi connectivity index (χ1v) is 4.09. The first-order valence-electron chi connectivity index (χ1n) is 4.09. The molecule has 0 aromatic carbocycles. The summed E-state index contributed by atoms with van der Waals surface area (Å²) in [5, 5.41) is 3.63. The predicted octanol–water partition coefficient (Wildman–Crippen LogP) is 0.399. The van der Waals surface area contributed by atoms with Gasteiger partial charge in [0, 0.05) is 26.9 Å². The molecule has 0 radical (unpaired) electrons. The van der Waals surface area contributed by atoms with Crippen LogP contribution in [0.4, 0.5) is 0 Å². The predicted molar refractivity (Wildman–Crippen MR) is 46.1 cm³/mol. The molecule has 1 aromatic heterocycles. The summed E-state index contributed by atoms with van der Waals surface area (Å²) >= 11 is 0. The van der Waals surface area contributed by atoms with Crippen molar-refractivity contribution in [3.05, 3.63) is 11.7 Å². The third-order valence-corrected chi connectivity index (χ3v) is 1.62. The van der Waals surface area contributed by atoms with E-state index in [-0.39, 0.29) is 5.91 Å². The molecular weight excluding hydrogens is 170 g/mol. The highest BCUT2D eigenvalue weighted by Gasteiger charge is 2.08. The number of carbonyl (C=O) groups is 1. The summed E-state index contributed by atoms with van der Waals surface area (Å²) in [5.74, 6) is 1.19. The molecule has 72 valence electrons. The summed E-state index contributed by atoms with van der Waals surface area (Å²) in [7, 11) is 3.45. The number of hydrogen-bond donors (Lipinski definition) is 0. The smallest absolute Gasteiger partial charge is 0.227 e. The standard InChI is InChI=1S/C8H13N3O2/c1-6-9-7(13-10-6)4-5-8(12)11(2)3/h4-5H2,1-3H3. The Morgan fingerprint density at radius 2 is 2.23 bits per heavy atom. The molecule has 1 aromatic rings. The SMILES string of the molecule is Cc1noc(CCC(=O)N(C)C)n1. The summed E-state index contributed by atoms with van der Waals surface area (Å²) in [6.07, 6.45) is 0.923. The Bertz CT molecular complexity index is 293. The van der Waals surface area contributed by atoms with Gasteiger partial charge in [-0.15, -0.1) is 0 Å². The Morgan fingerprint density at radius 1 is 1.54 bits per heavy atom. The Hall–Kier alpha value is -1.39. The van der Waals surface area contributed by atoms with Crippen molar-refractivity contribution in [1.82, 2.24) is 15.0 Å². The summed E-state index contributed by atoms with van der Waals surface area (Å²) in [6.45, 7) is 1.75. The van der Waals surface area contributed by atoms with E-state index in [1.807, 2.05) is 0 Å².